The largest absolute Gasteiger partial charge is 0.477 e. The highest BCUT2D eigenvalue weighted by Gasteiger charge is 2.42. The van der Waals surface area contributed by atoms with E-state index < -0.39 is 5.97 Å². The maximum absolute atomic E-state index is 14.1. The third-order valence-electron chi connectivity index (χ3n) is 8.44. The van der Waals surface area contributed by atoms with E-state index in [4.69, 9.17) is 0 Å². The van der Waals surface area contributed by atoms with Gasteiger partial charge in [0, 0.05) is 35.8 Å². The molecule has 3 fully saturated rings. The number of rotatable bonds is 5. The van der Waals surface area contributed by atoms with Crippen molar-refractivity contribution in [2.75, 3.05) is 11.4 Å². The first-order valence-electron chi connectivity index (χ1n) is 13.1. The molecule has 7 heteroatoms. The molecule has 2 amide bonds. The van der Waals surface area contributed by atoms with Crippen LogP contribution in [0.5, 0.6) is 0 Å². The molecule has 2 unspecified atom stereocenters. The number of amides is 2. The van der Waals surface area contributed by atoms with Crippen molar-refractivity contribution in [3.05, 3.63) is 21.9 Å². The van der Waals surface area contributed by atoms with Gasteiger partial charge in [0.2, 0.25) is 11.8 Å². The molecular weight excluding hydrogens is 448 g/mol. The van der Waals surface area contributed by atoms with Crippen molar-refractivity contribution in [1.29, 1.82) is 0 Å². The summed E-state index contributed by atoms with van der Waals surface area (Å²) in [5.74, 6) is -0.0367. The number of fused-ring (bicyclic) bond motifs is 1. The van der Waals surface area contributed by atoms with Crippen molar-refractivity contribution >= 4 is 40.4 Å². The Bertz CT molecular complexity index is 991. The molecule has 4 aliphatic rings. The molecule has 6 nitrogen and oxygen atoms in total. The van der Waals surface area contributed by atoms with Crippen molar-refractivity contribution in [2.45, 2.75) is 96.1 Å². The number of aromatic carboxylic acids is 1. The molecule has 1 N–H and O–H groups in total. The molecule has 0 bridgehead atoms. The lowest BCUT2D eigenvalue weighted by atomic mass is 9.81. The molecule has 34 heavy (non-hydrogen) atoms. The number of carbonyl (C=O) groups excluding carboxylic acids is 2. The summed E-state index contributed by atoms with van der Waals surface area (Å²) in [5.41, 5.74) is 1.81. The summed E-state index contributed by atoms with van der Waals surface area (Å²) >= 11 is 1.32. The van der Waals surface area contributed by atoms with Crippen molar-refractivity contribution in [3.63, 3.8) is 0 Å². The van der Waals surface area contributed by atoms with Gasteiger partial charge in [-0.1, -0.05) is 13.0 Å². The minimum absolute atomic E-state index is 0.0432. The summed E-state index contributed by atoms with van der Waals surface area (Å²) in [6.07, 6.45) is 13.3. The molecule has 0 spiro atoms. The number of piperidine rings is 1. The Morgan fingerprint density at radius 2 is 1.88 bits per heavy atom. The van der Waals surface area contributed by atoms with Gasteiger partial charge in [0.25, 0.3) is 0 Å². The van der Waals surface area contributed by atoms with Gasteiger partial charge in [0.1, 0.15) is 4.88 Å². The lowest BCUT2D eigenvalue weighted by Gasteiger charge is -2.42. The predicted molar refractivity (Wildman–Crippen MR) is 134 cm³/mol. The minimum atomic E-state index is -0.953. The Labute approximate surface area is 206 Å². The van der Waals surface area contributed by atoms with Crippen LogP contribution in [-0.2, 0) is 9.59 Å². The van der Waals surface area contributed by atoms with E-state index in [1.54, 1.807) is 0 Å². The number of carboxylic acid groups (broad SMARTS) is 1. The fourth-order valence-electron chi connectivity index (χ4n) is 6.43. The molecule has 5 rings (SSSR count). The van der Waals surface area contributed by atoms with Gasteiger partial charge < -0.3 is 14.9 Å². The van der Waals surface area contributed by atoms with E-state index in [0.717, 1.165) is 62.7 Å². The maximum atomic E-state index is 14.1. The van der Waals surface area contributed by atoms with Crippen LogP contribution in [0.1, 0.15) is 98.5 Å². The van der Waals surface area contributed by atoms with E-state index in [2.05, 4.69) is 13.0 Å². The van der Waals surface area contributed by atoms with Gasteiger partial charge in [0.15, 0.2) is 0 Å². The van der Waals surface area contributed by atoms with Gasteiger partial charge in [-0.25, -0.2) is 4.79 Å². The molecule has 2 atom stereocenters. The molecule has 1 aromatic rings. The van der Waals surface area contributed by atoms with Crippen molar-refractivity contribution < 1.29 is 19.5 Å². The number of hydrogen-bond donors (Lipinski definition) is 1. The summed E-state index contributed by atoms with van der Waals surface area (Å²) in [4.78, 5) is 43.8. The average Bonchev–Trinajstić information content (AvgIpc) is 3.44. The maximum Gasteiger partial charge on any atom is 0.348 e. The monoisotopic (exact) mass is 484 g/mol. The van der Waals surface area contributed by atoms with Crippen LogP contribution in [0, 0.1) is 11.8 Å². The number of allylic oxidation sites excluding steroid dienone is 2. The minimum Gasteiger partial charge on any atom is -0.477 e. The second-order valence-electron chi connectivity index (χ2n) is 10.7. The van der Waals surface area contributed by atoms with Crippen LogP contribution in [0.25, 0.3) is 5.57 Å². The molecule has 3 heterocycles. The van der Waals surface area contributed by atoms with Crippen molar-refractivity contribution in [3.8, 4) is 0 Å². The Morgan fingerprint density at radius 1 is 1.09 bits per heavy atom. The lowest BCUT2D eigenvalue weighted by molar-refractivity contribution is -0.130. The summed E-state index contributed by atoms with van der Waals surface area (Å²) < 4.78 is 0. The topological polar surface area (TPSA) is 77.9 Å². The zero-order chi connectivity index (χ0) is 23.8. The quantitative estimate of drug-likeness (QED) is 0.580. The Hall–Kier alpha value is -2.15. The van der Waals surface area contributed by atoms with Crippen LogP contribution in [0.2, 0.25) is 0 Å². The van der Waals surface area contributed by atoms with Gasteiger partial charge in [-0.2, -0.15) is 0 Å². The highest BCUT2D eigenvalue weighted by molar-refractivity contribution is 7.15. The van der Waals surface area contributed by atoms with E-state index in [1.165, 1.54) is 23.3 Å². The smallest absolute Gasteiger partial charge is 0.348 e. The average molecular weight is 485 g/mol. The highest BCUT2D eigenvalue weighted by atomic mass is 32.1. The summed E-state index contributed by atoms with van der Waals surface area (Å²) in [6, 6.07) is 2.10. The normalized spacial score (nSPS) is 29.5. The van der Waals surface area contributed by atoms with Gasteiger partial charge in [-0.3, -0.25) is 9.59 Å². The van der Waals surface area contributed by atoms with Gasteiger partial charge in [-0.15, -0.1) is 11.3 Å². The van der Waals surface area contributed by atoms with Crippen LogP contribution in [0.3, 0.4) is 0 Å². The molecule has 2 aliphatic heterocycles. The predicted octanol–water partition coefficient (Wildman–Crippen LogP) is 5.72. The third kappa shape index (κ3) is 4.56. The fourth-order valence-corrected chi connectivity index (χ4v) is 7.49. The van der Waals surface area contributed by atoms with Crippen molar-refractivity contribution in [2.24, 2.45) is 11.8 Å². The Balaban J connectivity index is 1.51. The van der Waals surface area contributed by atoms with Crippen LogP contribution in [0.15, 0.2) is 12.1 Å². The lowest BCUT2D eigenvalue weighted by Crippen LogP contribution is -2.52. The molecule has 184 valence electrons. The number of hydrogen-bond acceptors (Lipinski definition) is 4. The van der Waals surface area contributed by atoms with E-state index in [0.29, 0.717) is 31.0 Å². The van der Waals surface area contributed by atoms with Crippen LogP contribution in [0.4, 0.5) is 5.69 Å². The first kappa shape index (κ1) is 23.6. The standard InChI is InChI=1S/C27H36N2O4S/c1-17-7-9-19(10-8-17)26(31)29(21-13-14-28-20(15-21)11-12-24(28)30)22-16-23(34-25(22)27(32)33)18-5-3-2-4-6-18/h5,16-17,19-21H,2-4,6-15H2,1H3,(H,32,33). The Kier molecular flexibility index (Phi) is 6.83. The van der Waals surface area contributed by atoms with Gasteiger partial charge in [0.05, 0.1) is 5.69 Å². The van der Waals surface area contributed by atoms with E-state index in [9.17, 15) is 19.5 Å². The zero-order valence-corrected chi connectivity index (χ0v) is 20.9. The van der Waals surface area contributed by atoms with Crippen LogP contribution >= 0.6 is 11.3 Å². The molecule has 2 saturated heterocycles. The first-order valence-corrected chi connectivity index (χ1v) is 13.9. The molecular formula is C27H36N2O4S. The van der Waals surface area contributed by atoms with Crippen LogP contribution in [-0.4, -0.2) is 46.4 Å². The van der Waals surface area contributed by atoms with E-state index in [1.807, 2.05) is 15.9 Å². The SMILES string of the molecule is CC1CCC(C(=O)N(c2cc(C3=CCCCC3)sc2C(=O)O)C2CCN3C(=O)CCC3C2)CC1. The second kappa shape index (κ2) is 9.84. The molecule has 1 aromatic heterocycles. The summed E-state index contributed by atoms with van der Waals surface area (Å²) in [6.45, 7) is 2.90. The number of thiophene rings is 1. The van der Waals surface area contributed by atoms with Crippen LogP contribution < -0.4 is 4.90 Å². The second-order valence-corrected chi connectivity index (χ2v) is 11.8. The summed E-state index contributed by atoms with van der Waals surface area (Å²) in [5, 5.41) is 10.1. The molecule has 0 aromatic carbocycles. The Morgan fingerprint density at radius 3 is 2.59 bits per heavy atom. The van der Waals surface area contributed by atoms with E-state index in [-0.39, 0.29) is 34.7 Å². The highest BCUT2D eigenvalue weighted by Crippen LogP contribution is 2.42. The van der Waals surface area contributed by atoms with Gasteiger partial charge in [-0.05, 0) is 88.2 Å². The zero-order valence-electron chi connectivity index (χ0n) is 20.1. The molecule has 2 aliphatic carbocycles. The number of anilines is 1. The van der Waals surface area contributed by atoms with Crippen molar-refractivity contribution in [1.82, 2.24) is 4.90 Å². The third-order valence-corrected chi connectivity index (χ3v) is 9.63. The molecule has 0 radical (unpaired) electrons. The van der Waals surface area contributed by atoms with E-state index >= 15 is 0 Å². The number of carbonyl (C=O) groups is 3. The first-order chi connectivity index (χ1) is 16.4. The summed E-state index contributed by atoms with van der Waals surface area (Å²) in [7, 11) is 0. The number of nitrogens with zero attached hydrogens (tertiary/aromatic N) is 2. The number of carboxylic acids is 1. The molecule has 1 saturated carbocycles. The van der Waals surface area contributed by atoms with Gasteiger partial charge >= 0.3 is 5.97 Å². The fraction of sp³-hybridized carbons (Fsp3) is 0.667.